The van der Waals surface area contributed by atoms with E-state index in [-0.39, 0.29) is 0 Å². The van der Waals surface area contributed by atoms with Crippen molar-refractivity contribution in [2.45, 2.75) is 19.8 Å². The summed E-state index contributed by atoms with van der Waals surface area (Å²) in [6.45, 7) is 2.11. The highest BCUT2D eigenvalue weighted by Gasteiger charge is 2.01. The monoisotopic (exact) mass is 189 g/mol. The fourth-order valence-electron chi connectivity index (χ4n) is 1.39. The molecule has 0 spiro atoms. The molecule has 0 unspecified atom stereocenters. The van der Waals surface area contributed by atoms with Crippen molar-refractivity contribution in [1.82, 2.24) is 14.6 Å². The highest BCUT2D eigenvalue weighted by molar-refractivity contribution is 5.72. The van der Waals surface area contributed by atoms with Gasteiger partial charge in [-0.25, -0.2) is 9.50 Å². The summed E-state index contributed by atoms with van der Waals surface area (Å²) in [6.07, 6.45) is 4.38. The van der Waals surface area contributed by atoms with Crippen LogP contribution in [0.15, 0.2) is 18.3 Å². The zero-order valence-electron chi connectivity index (χ0n) is 7.97. The topological polar surface area (TPSA) is 47.3 Å². The molecule has 2 aromatic rings. The average molecular weight is 189 g/mol. The van der Waals surface area contributed by atoms with Crippen molar-refractivity contribution in [3.8, 4) is 0 Å². The van der Waals surface area contributed by atoms with E-state index in [4.69, 9.17) is 0 Å². The van der Waals surface area contributed by atoms with Gasteiger partial charge in [-0.2, -0.15) is 5.10 Å². The predicted octanol–water partition coefficient (Wildman–Crippen LogP) is 1.49. The summed E-state index contributed by atoms with van der Waals surface area (Å²) in [7, 11) is 0. The Morgan fingerprint density at radius 2 is 2.36 bits per heavy atom. The summed E-state index contributed by atoms with van der Waals surface area (Å²) < 4.78 is 1.65. The minimum Gasteiger partial charge on any atom is -0.296 e. The zero-order valence-corrected chi connectivity index (χ0v) is 7.97. The summed E-state index contributed by atoms with van der Waals surface area (Å²) in [6, 6.07) is 3.82. The molecule has 0 bridgehead atoms. The average Bonchev–Trinajstić information content (AvgIpc) is 2.60. The molecule has 0 aliphatic heterocycles. The van der Waals surface area contributed by atoms with Crippen LogP contribution in [0, 0.1) is 0 Å². The van der Waals surface area contributed by atoms with Gasteiger partial charge in [-0.1, -0.05) is 13.3 Å². The third-order valence-corrected chi connectivity index (χ3v) is 2.02. The van der Waals surface area contributed by atoms with Gasteiger partial charge in [-0.3, -0.25) is 4.79 Å². The van der Waals surface area contributed by atoms with Gasteiger partial charge in [0.15, 0.2) is 11.9 Å². The van der Waals surface area contributed by atoms with E-state index in [1.165, 1.54) is 0 Å². The van der Waals surface area contributed by atoms with Crippen LogP contribution >= 0.6 is 0 Å². The Bertz CT molecular complexity index is 461. The smallest absolute Gasteiger partial charge is 0.170 e. The fourth-order valence-corrected chi connectivity index (χ4v) is 1.39. The molecule has 0 aliphatic carbocycles. The summed E-state index contributed by atoms with van der Waals surface area (Å²) >= 11 is 0. The zero-order chi connectivity index (χ0) is 9.97. The molecule has 4 nitrogen and oxygen atoms in total. The van der Waals surface area contributed by atoms with Crippen LogP contribution in [0.5, 0.6) is 0 Å². The summed E-state index contributed by atoms with van der Waals surface area (Å²) in [5, 5.41) is 4.33. The minimum atomic E-state index is 0.422. The van der Waals surface area contributed by atoms with E-state index in [0.29, 0.717) is 11.3 Å². The molecule has 2 rings (SSSR count). The Hall–Kier alpha value is -1.71. The molecule has 0 saturated heterocycles. The van der Waals surface area contributed by atoms with Crippen LogP contribution in [-0.2, 0) is 6.42 Å². The first kappa shape index (κ1) is 8.87. The maximum Gasteiger partial charge on any atom is 0.170 e. The highest BCUT2D eigenvalue weighted by Crippen LogP contribution is 2.04. The minimum absolute atomic E-state index is 0.422. The third-order valence-electron chi connectivity index (χ3n) is 2.02. The number of aldehydes is 1. The molecule has 2 heterocycles. The van der Waals surface area contributed by atoms with Crippen LogP contribution in [0.25, 0.3) is 5.65 Å². The molecule has 72 valence electrons. The second kappa shape index (κ2) is 3.57. The molecule has 2 aromatic heterocycles. The van der Waals surface area contributed by atoms with Crippen molar-refractivity contribution in [2.75, 3.05) is 0 Å². The largest absolute Gasteiger partial charge is 0.296 e. The van der Waals surface area contributed by atoms with Crippen LogP contribution in [0.1, 0.15) is 29.5 Å². The van der Waals surface area contributed by atoms with E-state index in [9.17, 15) is 4.79 Å². The first-order valence-corrected chi connectivity index (χ1v) is 4.64. The van der Waals surface area contributed by atoms with Gasteiger partial charge in [0, 0.05) is 0 Å². The summed E-state index contributed by atoms with van der Waals surface area (Å²) in [5.41, 5.74) is 2.16. The maximum absolute atomic E-state index is 10.5. The number of hydrogen-bond acceptors (Lipinski definition) is 3. The van der Waals surface area contributed by atoms with Gasteiger partial charge in [-0.15, -0.1) is 0 Å². The fraction of sp³-hybridized carbons (Fsp3) is 0.300. The lowest BCUT2D eigenvalue weighted by Gasteiger charge is -1.97. The Labute approximate surface area is 81.6 Å². The molecule has 0 aliphatic rings. The number of carbonyl (C=O) groups is 1. The van der Waals surface area contributed by atoms with Crippen LogP contribution in [0.4, 0.5) is 0 Å². The first-order chi connectivity index (χ1) is 6.83. The molecule has 0 N–H and O–H groups in total. The number of rotatable bonds is 3. The van der Waals surface area contributed by atoms with Crippen molar-refractivity contribution in [3.63, 3.8) is 0 Å². The molecule has 0 radical (unpaired) electrons. The Morgan fingerprint density at radius 1 is 1.50 bits per heavy atom. The number of imidazole rings is 1. The molecule has 0 saturated carbocycles. The molecule has 0 atom stereocenters. The van der Waals surface area contributed by atoms with Gasteiger partial charge in [0.05, 0.1) is 11.9 Å². The number of aryl methyl sites for hydroxylation is 1. The van der Waals surface area contributed by atoms with E-state index in [1.807, 2.05) is 12.1 Å². The van der Waals surface area contributed by atoms with Crippen LogP contribution < -0.4 is 0 Å². The predicted molar refractivity (Wildman–Crippen MR) is 52.4 cm³/mol. The van der Waals surface area contributed by atoms with E-state index < -0.39 is 0 Å². The number of hydrogen-bond donors (Lipinski definition) is 0. The normalized spacial score (nSPS) is 10.6. The second-order valence-electron chi connectivity index (χ2n) is 3.16. The third kappa shape index (κ3) is 1.51. The van der Waals surface area contributed by atoms with Gasteiger partial charge in [-0.05, 0) is 18.6 Å². The van der Waals surface area contributed by atoms with Crippen molar-refractivity contribution in [2.24, 2.45) is 0 Å². The standard InChI is InChI=1S/C10H11N3O/c1-2-3-8-4-5-10-11-9(7-14)6-13(10)12-8/h4-7H,2-3H2,1H3. The van der Waals surface area contributed by atoms with Gasteiger partial charge in [0.2, 0.25) is 0 Å². The Morgan fingerprint density at radius 3 is 3.07 bits per heavy atom. The van der Waals surface area contributed by atoms with Gasteiger partial charge < -0.3 is 0 Å². The lowest BCUT2D eigenvalue weighted by Crippen LogP contribution is -1.96. The van der Waals surface area contributed by atoms with Crippen molar-refractivity contribution < 1.29 is 4.79 Å². The lowest BCUT2D eigenvalue weighted by molar-refractivity contribution is 0.111. The van der Waals surface area contributed by atoms with Crippen LogP contribution in [-0.4, -0.2) is 20.9 Å². The van der Waals surface area contributed by atoms with Crippen LogP contribution in [0.2, 0.25) is 0 Å². The van der Waals surface area contributed by atoms with E-state index in [0.717, 1.165) is 24.8 Å². The molecule has 4 heteroatoms. The van der Waals surface area contributed by atoms with Gasteiger partial charge in [0.25, 0.3) is 0 Å². The van der Waals surface area contributed by atoms with Crippen molar-refractivity contribution in [1.29, 1.82) is 0 Å². The molecular weight excluding hydrogens is 178 g/mol. The van der Waals surface area contributed by atoms with Crippen molar-refractivity contribution >= 4 is 11.9 Å². The van der Waals surface area contributed by atoms with E-state index in [1.54, 1.807) is 10.7 Å². The molecule has 0 amide bonds. The van der Waals surface area contributed by atoms with Crippen molar-refractivity contribution in [3.05, 3.63) is 29.7 Å². The molecular formula is C10H11N3O. The Balaban J connectivity index is 2.48. The van der Waals surface area contributed by atoms with Crippen LogP contribution in [0.3, 0.4) is 0 Å². The number of aromatic nitrogens is 3. The second-order valence-corrected chi connectivity index (χ2v) is 3.16. The summed E-state index contributed by atoms with van der Waals surface area (Å²) in [5.74, 6) is 0. The summed E-state index contributed by atoms with van der Waals surface area (Å²) in [4.78, 5) is 14.5. The molecule has 14 heavy (non-hydrogen) atoms. The first-order valence-electron chi connectivity index (χ1n) is 4.64. The number of carbonyl (C=O) groups excluding carboxylic acids is 1. The van der Waals surface area contributed by atoms with E-state index in [2.05, 4.69) is 17.0 Å². The maximum atomic E-state index is 10.5. The SMILES string of the molecule is CCCc1ccc2nc(C=O)cn2n1. The molecule has 0 fully saturated rings. The number of fused-ring (bicyclic) bond motifs is 1. The molecule has 0 aromatic carbocycles. The quantitative estimate of drug-likeness (QED) is 0.687. The Kier molecular flexibility index (Phi) is 2.26. The highest BCUT2D eigenvalue weighted by atomic mass is 16.1. The number of nitrogens with zero attached hydrogens (tertiary/aromatic N) is 3. The van der Waals surface area contributed by atoms with Gasteiger partial charge >= 0.3 is 0 Å². The van der Waals surface area contributed by atoms with E-state index >= 15 is 0 Å². The lowest BCUT2D eigenvalue weighted by atomic mass is 10.2. The van der Waals surface area contributed by atoms with Gasteiger partial charge in [0.1, 0.15) is 5.69 Å².